The number of amides is 1. The standard InChI is InChI=1S/C18H24N2O4/c1-12-4-3-5-15-13(2)17(24-16(12)15)18(22)19-10-14(21)11-20-6-8-23-9-7-20/h3-5,14,21H,6-11H2,1-2H3,(H,19,22). The highest BCUT2D eigenvalue weighted by Gasteiger charge is 2.20. The maximum absolute atomic E-state index is 12.4. The molecule has 0 bridgehead atoms. The Labute approximate surface area is 141 Å². The fourth-order valence-electron chi connectivity index (χ4n) is 3.04. The lowest BCUT2D eigenvalue weighted by atomic mass is 10.1. The van der Waals surface area contributed by atoms with Gasteiger partial charge in [-0.05, 0) is 19.4 Å². The first kappa shape index (κ1) is 17.0. The number of para-hydroxylation sites is 1. The Morgan fingerprint density at radius 2 is 2.08 bits per heavy atom. The van der Waals surface area contributed by atoms with Gasteiger partial charge in [-0.25, -0.2) is 0 Å². The molecule has 0 radical (unpaired) electrons. The number of β-amino-alcohol motifs (C(OH)–C–C–N with tert-alkyl or cyclic N) is 1. The zero-order valence-corrected chi connectivity index (χ0v) is 14.2. The number of carbonyl (C=O) groups excluding carboxylic acids is 1. The predicted octanol–water partition coefficient (Wildman–Crippen LogP) is 1.47. The molecule has 1 fully saturated rings. The van der Waals surface area contributed by atoms with Gasteiger partial charge in [-0.15, -0.1) is 0 Å². The third-order valence-electron chi connectivity index (χ3n) is 4.44. The van der Waals surface area contributed by atoms with Gasteiger partial charge in [0.1, 0.15) is 5.58 Å². The van der Waals surface area contributed by atoms with Gasteiger partial charge in [0, 0.05) is 37.1 Å². The monoisotopic (exact) mass is 332 g/mol. The van der Waals surface area contributed by atoms with Crippen molar-refractivity contribution < 1.29 is 19.1 Å². The lowest BCUT2D eigenvalue weighted by Gasteiger charge is -2.28. The molecule has 1 aliphatic heterocycles. The number of nitrogens with one attached hydrogen (secondary N) is 1. The summed E-state index contributed by atoms with van der Waals surface area (Å²) in [6.07, 6.45) is -0.613. The van der Waals surface area contributed by atoms with Gasteiger partial charge in [0.15, 0.2) is 5.76 Å². The van der Waals surface area contributed by atoms with Crippen molar-refractivity contribution in [2.45, 2.75) is 20.0 Å². The average molecular weight is 332 g/mol. The minimum absolute atomic E-state index is 0.200. The summed E-state index contributed by atoms with van der Waals surface area (Å²) in [5, 5.41) is 13.8. The summed E-state index contributed by atoms with van der Waals surface area (Å²) in [5.74, 6) is 0.0296. The van der Waals surface area contributed by atoms with Crippen LogP contribution in [0.3, 0.4) is 0 Å². The quantitative estimate of drug-likeness (QED) is 0.867. The van der Waals surface area contributed by atoms with E-state index in [2.05, 4.69) is 10.2 Å². The van der Waals surface area contributed by atoms with E-state index in [0.717, 1.165) is 35.2 Å². The normalized spacial score (nSPS) is 17.1. The molecule has 1 atom stereocenters. The van der Waals surface area contributed by atoms with Crippen LogP contribution in [0, 0.1) is 13.8 Å². The molecule has 1 saturated heterocycles. The van der Waals surface area contributed by atoms with Crippen molar-refractivity contribution in [3.8, 4) is 0 Å². The van der Waals surface area contributed by atoms with Crippen LogP contribution in [0.15, 0.2) is 22.6 Å². The van der Waals surface area contributed by atoms with Crippen molar-refractivity contribution in [3.63, 3.8) is 0 Å². The summed E-state index contributed by atoms with van der Waals surface area (Å²) in [4.78, 5) is 14.5. The van der Waals surface area contributed by atoms with E-state index in [1.807, 2.05) is 32.0 Å². The van der Waals surface area contributed by atoms with Crippen molar-refractivity contribution in [2.75, 3.05) is 39.4 Å². The Kier molecular flexibility index (Phi) is 5.18. The first-order valence-corrected chi connectivity index (χ1v) is 8.31. The van der Waals surface area contributed by atoms with Crippen LogP contribution in [0.4, 0.5) is 0 Å². The lowest BCUT2D eigenvalue weighted by Crippen LogP contribution is -2.44. The third-order valence-corrected chi connectivity index (χ3v) is 4.44. The molecule has 24 heavy (non-hydrogen) atoms. The van der Waals surface area contributed by atoms with E-state index in [9.17, 15) is 9.90 Å². The minimum atomic E-state index is -0.613. The average Bonchev–Trinajstić information content (AvgIpc) is 2.92. The van der Waals surface area contributed by atoms with Crippen molar-refractivity contribution in [1.82, 2.24) is 10.2 Å². The number of furan rings is 1. The molecular weight excluding hydrogens is 308 g/mol. The van der Waals surface area contributed by atoms with Crippen molar-refractivity contribution >= 4 is 16.9 Å². The molecule has 0 saturated carbocycles. The number of fused-ring (bicyclic) bond motifs is 1. The predicted molar refractivity (Wildman–Crippen MR) is 91.3 cm³/mol. The van der Waals surface area contributed by atoms with Crippen molar-refractivity contribution in [1.29, 1.82) is 0 Å². The molecule has 1 aliphatic rings. The number of carbonyl (C=O) groups is 1. The third kappa shape index (κ3) is 3.61. The molecule has 0 aliphatic carbocycles. The first-order valence-electron chi connectivity index (χ1n) is 8.31. The molecule has 3 rings (SSSR count). The Morgan fingerprint density at radius 3 is 2.79 bits per heavy atom. The molecule has 1 aromatic carbocycles. The number of aryl methyl sites for hydroxylation is 2. The van der Waals surface area contributed by atoms with Crippen LogP contribution in [0.1, 0.15) is 21.7 Å². The van der Waals surface area contributed by atoms with Crippen LogP contribution in [0.5, 0.6) is 0 Å². The molecule has 6 heteroatoms. The summed E-state index contributed by atoms with van der Waals surface area (Å²) in [5.41, 5.74) is 2.57. The molecule has 6 nitrogen and oxygen atoms in total. The van der Waals surface area contributed by atoms with Crippen LogP contribution < -0.4 is 5.32 Å². The van der Waals surface area contributed by atoms with E-state index in [4.69, 9.17) is 9.15 Å². The van der Waals surface area contributed by atoms with E-state index in [1.54, 1.807) is 0 Å². The lowest BCUT2D eigenvalue weighted by molar-refractivity contribution is 0.0148. The zero-order valence-electron chi connectivity index (χ0n) is 14.2. The second-order valence-electron chi connectivity index (χ2n) is 6.28. The van der Waals surface area contributed by atoms with Gasteiger partial charge >= 0.3 is 0 Å². The summed E-state index contributed by atoms with van der Waals surface area (Å²) in [6.45, 7) is 7.57. The Balaban J connectivity index is 1.60. The first-order chi connectivity index (χ1) is 11.6. The van der Waals surface area contributed by atoms with E-state index in [1.165, 1.54) is 0 Å². The van der Waals surface area contributed by atoms with Gasteiger partial charge in [0.25, 0.3) is 5.91 Å². The van der Waals surface area contributed by atoms with Crippen LogP contribution in [-0.4, -0.2) is 61.4 Å². The summed E-state index contributed by atoms with van der Waals surface area (Å²) < 4.78 is 11.0. The van der Waals surface area contributed by atoms with Crippen molar-refractivity contribution in [2.24, 2.45) is 0 Å². The highest BCUT2D eigenvalue weighted by molar-refractivity contribution is 5.99. The summed E-state index contributed by atoms with van der Waals surface area (Å²) in [6, 6.07) is 5.86. The van der Waals surface area contributed by atoms with Gasteiger partial charge < -0.3 is 19.6 Å². The summed E-state index contributed by atoms with van der Waals surface area (Å²) in [7, 11) is 0. The van der Waals surface area contributed by atoms with Crippen molar-refractivity contribution in [3.05, 3.63) is 35.1 Å². The van der Waals surface area contributed by atoms with Crippen LogP contribution in [0.2, 0.25) is 0 Å². The number of hydrogen-bond acceptors (Lipinski definition) is 5. The topological polar surface area (TPSA) is 74.9 Å². The minimum Gasteiger partial charge on any atom is -0.450 e. The number of rotatable bonds is 5. The van der Waals surface area contributed by atoms with E-state index < -0.39 is 6.10 Å². The smallest absolute Gasteiger partial charge is 0.287 e. The second-order valence-corrected chi connectivity index (χ2v) is 6.28. The molecule has 0 spiro atoms. The molecule has 2 N–H and O–H groups in total. The van der Waals surface area contributed by atoms with Gasteiger partial charge in [0.2, 0.25) is 0 Å². The van der Waals surface area contributed by atoms with Crippen LogP contribution >= 0.6 is 0 Å². The second kappa shape index (κ2) is 7.34. The fourth-order valence-corrected chi connectivity index (χ4v) is 3.04. The number of benzene rings is 1. The Morgan fingerprint density at radius 1 is 1.33 bits per heavy atom. The molecule has 1 aromatic heterocycles. The van der Waals surface area contributed by atoms with Gasteiger partial charge in [-0.2, -0.15) is 0 Å². The number of morpholine rings is 1. The number of hydrogen-bond donors (Lipinski definition) is 2. The van der Waals surface area contributed by atoms with Crippen LogP contribution in [-0.2, 0) is 4.74 Å². The molecule has 1 amide bonds. The molecule has 2 aromatic rings. The van der Waals surface area contributed by atoms with E-state index >= 15 is 0 Å². The number of aliphatic hydroxyl groups excluding tert-OH is 1. The molecule has 130 valence electrons. The fraction of sp³-hybridized carbons (Fsp3) is 0.500. The highest BCUT2D eigenvalue weighted by Crippen LogP contribution is 2.27. The Bertz CT molecular complexity index is 719. The van der Waals surface area contributed by atoms with Crippen LogP contribution in [0.25, 0.3) is 11.0 Å². The molecular formula is C18H24N2O4. The number of nitrogens with zero attached hydrogens (tertiary/aromatic N) is 1. The largest absolute Gasteiger partial charge is 0.450 e. The number of ether oxygens (including phenoxy) is 1. The summed E-state index contributed by atoms with van der Waals surface area (Å²) >= 11 is 0. The SMILES string of the molecule is Cc1c(C(=O)NCC(O)CN2CCOCC2)oc2c(C)cccc12. The zero-order chi connectivity index (χ0) is 17.1. The maximum Gasteiger partial charge on any atom is 0.287 e. The van der Waals surface area contributed by atoms with Gasteiger partial charge in [-0.3, -0.25) is 9.69 Å². The highest BCUT2D eigenvalue weighted by atomic mass is 16.5. The van der Waals surface area contributed by atoms with E-state index in [-0.39, 0.29) is 12.5 Å². The van der Waals surface area contributed by atoms with Gasteiger partial charge in [0.05, 0.1) is 19.3 Å². The van der Waals surface area contributed by atoms with Gasteiger partial charge in [-0.1, -0.05) is 18.2 Å². The molecule has 2 heterocycles. The maximum atomic E-state index is 12.4. The number of aliphatic hydroxyl groups is 1. The van der Waals surface area contributed by atoms with E-state index in [0.29, 0.717) is 25.5 Å². The Hall–Kier alpha value is -1.89. The molecule has 1 unspecified atom stereocenters.